The first-order valence-corrected chi connectivity index (χ1v) is 7.63. The summed E-state index contributed by atoms with van der Waals surface area (Å²) in [5, 5.41) is 13.6. The van der Waals surface area contributed by atoms with Crippen molar-refractivity contribution in [3.8, 4) is 0 Å². The highest BCUT2D eigenvalue weighted by molar-refractivity contribution is 5.86. The second-order valence-electron chi connectivity index (χ2n) is 5.75. The minimum atomic E-state index is -1.46. The predicted octanol–water partition coefficient (Wildman–Crippen LogP) is 1.82. The molecular formula is C16H22F2N2O2. The summed E-state index contributed by atoms with van der Waals surface area (Å²) in [6.45, 7) is 3.30. The lowest BCUT2D eigenvalue weighted by atomic mass is 9.91. The minimum absolute atomic E-state index is 0.0293. The van der Waals surface area contributed by atoms with E-state index in [0.29, 0.717) is 25.9 Å². The van der Waals surface area contributed by atoms with E-state index in [1.165, 1.54) is 17.0 Å². The quantitative estimate of drug-likeness (QED) is 0.788. The molecule has 4 nitrogen and oxygen atoms in total. The summed E-state index contributed by atoms with van der Waals surface area (Å²) in [4.78, 5) is 13.9. The summed E-state index contributed by atoms with van der Waals surface area (Å²) in [5.41, 5.74) is -1.34. The predicted molar refractivity (Wildman–Crippen MR) is 79.1 cm³/mol. The van der Waals surface area contributed by atoms with Crippen molar-refractivity contribution in [2.45, 2.75) is 38.3 Å². The minimum Gasteiger partial charge on any atom is -0.379 e. The van der Waals surface area contributed by atoms with Gasteiger partial charge in [0.2, 0.25) is 0 Å². The van der Waals surface area contributed by atoms with Gasteiger partial charge in [0.25, 0.3) is 5.91 Å². The van der Waals surface area contributed by atoms with Gasteiger partial charge in [-0.1, -0.05) is 19.1 Å². The van der Waals surface area contributed by atoms with Crippen LogP contribution in [-0.4, -0.2) is 41.1 Å². The first-order valence-electron chi connectivity index (χ1n) is 7.63. The number of hydrogen-bond donors (Lipinski definition) is 2. The fourth-order valence-electron chi connectivity index (χ4n) is 2.73. The number of benzene rings is 1. The number of hydrogen-bond acceptors (Lipinski definition) is 3. The molecule has 122 valence electrons. The van der Waals surface area contributed by atoms with Gasteiger partial charge >= 0.3 is 0 Å². The molecule has 1 aliphatic heterocycles. The molecule has 0 bridgehead atoms. The van der Waals surface area contributed by atoms with Crippen LogP contribution in [0, 0.1) is 11.6 Å². The maximum absolute atomic E-state index is 13.7. The molecule has 1 fully saturated rings. The van der Waals surface area contributed by atoms with Gasteiger partial charge in [-0.2, -0.15) is 0 Å². The molecule has 1 heterocycles. The van der Waals surface area contributed by atoms with Crippen LogP contribution in [0.5, 0.6) is 0 Å². The Morgan fingerprint density at radius 1 is 1.41 bits per heavy atom. The van der Waals surface area contributed by atoms with E-state index in [1.807, 2.05) is 6.92 Å². The van der Waals surface area contributed by atoms with E-state index >= 15 is 0 Å². The third-order valence-electron chi connectivity index (χ3n) is 3.94. The lowest BCUT2D eigenvalue weighted by molar-refractivity contribution is -0.157. The van der Waals surface area contributed by atoms with Crippen molar-refractivity contribution in [3.63, 3.8) is 0 Å². The number of carbonyl (C=O) groups excluding carboxylic acids is 1. The Bertz CT molecular complexity index is 539. The maximum atomic E-state index is 13.7. The molecule has 1 aliphatic rings. The number of rotatable bonds is 6. The molecule has 2 rings (SSSR count). The van der Waals surface area contributed by atoms with E-state index < -0.39 is 23.1 Å². The topological polar surface area (TPSA) is 52.6 Å². The molecule has 6 heteroatoms. The monoisotopic (exact) mass is 312 g/mol. The van der Waals surface area contributed by atoms with Crippen molar-refractivity contribution in [1.82, 2.24) is 10.2 Å². The van der Waals surface area contributed by atoms with E-state index in [1.54, 1.807) is 0 Å². The van der Waals surface area contributed by atoms with Gasteiger partial charge in [-0.3, -0.25) is 4.79 Å². The van der Waals surface area contributed by atoms with E-state index in [2.05, 4.69) is 5.32 Å². The molecule has 1 aromatic rings. The SMILES string of the molecule is CCCNCC1(O)CCCN(Cc2cccc(F)c2F)C1=O. The van der Waals surface area contributed by atoms with Gasteiger partial charge in [0.1, 0.15) is 0 Å². The van der Waals surface area contributed by atoms with Crippen molar-refractivity contribution in [2.75, 3.05) is 19.6 Å². The van der Waals surface area contributed by atoms with Crippen molar-refractivity contribution in [1.29, 1.82) is 0 Å². The van der Waals surface area contributed by atoms with Gasteiger partial charge in [0.05, 0.1) is 0 Å². The van der Waals surface area contributed by atoms with Gasteiger partial charge in [-0.25, -0.2) is 8.78 Å². The zero-order chi connectivity index (χ0) is 16.2. The smallest absolute Gasteiger partial charge is 0.256 e. The zero-order valence-corrected chi connectivity index (χ0v) is 12.7. The Morgan fingerprint density at radius 2 is 2.18 bits per heavy atom. The molecule has 1 atom stereocenters. The lowest BCUT2D eigenvalue weighted by Gasteiger charge is -2.38. The van der Waals surface area contributed by atoms with E-state index in [4.69, 9.17) is 0 Å². The van der Waals surface area contributed by atoms with Gasteiger partial charge < -0.3 is 15.3 Å². The van der Waals surface area contributed by atoms with Crippen LogP contribution >= 0.6 is 0 Å². The summed E-state index contributed by atoms with van der Waals surface area (Å²) in [7, 11) is 0. The van der Waals surface area contributed by atoms with Crippen LogP contribution in [0.15, 0.2) is 18.2 Å². The standard InChI is InChI=1S/C16H22F2N2O2/c1-2-8-19-11-16(22)7-4-9-20(15(16)21)10-12-5-3-6-13(17)14(12)18/h3,5-6,19,22H,2,4,7-11H2,1H3. The van der Waals surface area contributed by atoms with Gasteiger partial charge in [0, 0.05) is 25.2 Å². The first-order chi connectivity index (χ1) is 10.5. The van der Waals surface area contributed by atoms with Crippen LogP contribution < -0.4 is 5.32 Å². The number of piperidine rings is 1. The third kappa shape index (κ3) is 3.62. The molecule has 0 saturated carbocycles. The lowest BCUT2D eigenvalue weighted by Crippen LogP contribution is -2.57. The highest BCUT2D eigenvalue weighted by Gasteiger charge is 2.41. The molecule has 0 spiro atoms. The second kappa shape index (κ2) is 7.15. The number of nitrogens with zero attached hydrogens (tertiary/aromatic N) is 1. The Kier molecular flexibility index (Phi) is 5.47. The largest absolute Gasteiger partial charge is 0.379 e. The molecule has 1 saturated heterocycles. The normalized spacial score (nSPS) is 22.2. The Morgan fingerprint density at radius 3 is 2.91 bits per heavy atom. The van der Waals surface area contributed by atoms with Crippen LogP contribution in [0.1, 0.15) is 31.7 Å². The number of aliphatic hydroxyl groups is 1. The van der Waals surface area contributed by atoms with E-state index in [0.717, 1.165) is 12.5 Å². The van der Waals surface area contributed by atoms with E-state index in [9.17, 15) is 18.7 Å². The number of halogens is 2. The van der Waals surface area contributed by atoms with Crippen LogP contribution in [0.25, 0.3) is 0 Å². The molecule has 0 aliphatic carbocycles. The number of nitrogens with one attached hydrogen (secondary N) is 1. The number of likely N-dealkylation sites (tertiary alicyclic amines) is 1. The summed E-state index contributed by atoms with van der Waals surface area (Å²) >= 11 is 0. The number of carbonyl (C=O) groups is 1. The Hall–Kier alpha value is -1.53. The molecular weight excluding hydrogens is 290 g/mol. The molecule has 1 amide bonds. The van der Waals surface area contributed by atoms with Crippen LogP contribution in [0.3, 0.4) is 0 Å². The third-order valence-corrected chi connectivity index (χ3v) is 3.94. The van der Waals surface area contributed by atoms with E-state index in [-0.39, 0.29) is 18.7 Å². The summed E-state index contributed by atoms with van der Waals surface area (Å²) in [6, 6.07) is 3.91. The van der Waals surface area contributed by atoms with Crippen molar-refractivity contribution in [2.24, 2.45) is 0 Å². The zero-order valence-electron chi connectivity index (χ0n) is 12.7. The summed E-state index contributed by atoms with van der Waals surface area (Å²) < 4.78 is 27.0. The van der Waals surface area contributed by atoms with Gasteiger partial charge in [-0.15, -0.1) is 0 Å². The summed E-state index contributed by atoms with van der Waals surface area (Å²) in [6.07, 6.45) is 1.92. The molecule has 0 aromatic heterocycles. The highest BCUT2D eigenvalue weighted by atomic mass is 19.2. The van der Waals surface area contributed by atoms with Crippen molar-refractivity contribution < 1.29 is 18.7 Å². The first kappa shape index (κ1) is 16.8. The number of amides is 1. The van der Waals surface area contributed by atoms with Gasteiger partial charge in [-0.05, 0) is 31.9 Å². The van der Waals surface area contributed by atoms with Crippen LogP contribution in [0.4, 0.5) is 8.78 Å². The fraction of sp³-hybridized carbons (Fsp3) is 0.562. The van der Waals surface area contributed by atoms with Crippen molar-refractivity contribution in [3.05, 3.63) is 35.4 Å². The van der Waals surface area contributed by atoms with Crippen LogP contribution in [-0.2, 0) is 11.3 Å². The Labute approximate surface area is 129 Å². The molecule has 22 heavy (non-hydrogen) atoms. The van der Waals surface area contributed by atoms with Crippen molar-refractivity contribution >= 4 is 5.91 Å². The van der Waals surface area contributed by atoms with Crippen LogP contribution in [0.2, 0.25) is 0 Å². The second-order valence-corrected chi connectivity index (χ2v) is 5.75. The highest BCUT2D eigenvalue weighted by Crippen LogP contribution is 2.24. The maximum Gasteiger partial charge on any atom is 0.256 e. The summed E-state index contributed by atoms with van der Waals surface area (Å²) in [5.74, 6) is -2.29. The average Bonchev–Trinajstić information content (AvgIpc) is 2.49. The van der Waals surface area contributed by atoms with Gasteiger partial charge in [0.15, 0.2) is 17.2 Å². The fourth-order valence-corrected chi connectivity index (χ4v) is 2.73. The Balaban J connectivity index is 2.08. The molecule has 2 N–H and O–H groups in total. The molecule has 0 radical (unpaired) electrons. The average molecular weight is 312 g/mol. The molecule has 1 aromatic carbocycles. The molecule has 1 unspecified atom stereocenters.